The Hall–Kier alpha value is -1.45. The number of rotatable bonds is 1. The summed E-state index contributed by atoms with van der Waals surface area (Å²) in [5.74, 6) is 0.585. The van der Waals surface area contributed by atoms with Crippen LogP contribution >= 0.6 is 0 Å². The summed E-state index contributed by atoms with van der Waals surface area (Å²) in [5.41, 5.74) is 0.153. The third-order valence-electron chi connectivity index (χ3n) is 4.02. The molecule has 0 aromatic carbocycles. The van der Waals surface area contributed by atoms with E-state index in [2.05, 4.69) is 4.98 Å². The lowest BCUT2D eigenvalue weighted by molar-refractivity contribution is 0.0776. The Morgan fingerprint density at radius 1 is 1.35 bits per heavy atom. The van der Waals surface area contributed by atoms with Crippen LogP contribution in [0.2, 0.25) is 0 Å². The van der Waals surface area contributed by atoms with Gasteiger partial charge in [-0.3, -0.25) is 9.78 Å². The van der Waals surface area contributed by atoms with E-state index in [1.165, 1.54) is 31.5 Å². The van der Waals surface area contributed by atoms with Crippen molar-refractivity contribution < 1.29 is 9.18 Å². The Morgan fingerprint density at radius 2 is 2.06 bits per heavy atom. The van der Waals surface area contributed by atoms with Crippen LogP contribution in [0.15, 0.2) is 18.5 Å². The van der Waals surface area contributed by atoms with Crippen LogP contribution < -0.4 is 0 Å². The number of hydrogen-bond acceptors (Lipinski definition) is 2. The van der Waals surface area contributed by atoms with Crippen LogP contribution in [-0.2, 0) is 0 Å². The first-order valence-corrected chi connectivity index (χ1v) is 6.14. The van der Waals surface area contributed by atoms with Gasteiger partial charge < -0.3 is 4.90 Å². The molecule has 4 heteroatoms. The highest BCUT2D eigenvalue weighted by atomic mass is 19.1. The van der Waals surface area contributed by atoms with Crippen LogP contribution in [0.25, 0.3) is 0 Å². The number of carbonyl (C=O) groups excluding carboxylic acids is 1. The highest BCUT2D eigenvalue weighted by molar-refractivity contribution is 5.94. The molecule has 2 fully saturated rings. The average molecular weight is 234 g/mol. The molecule has 3 nitrogen and oxygen atoms in total. The smallest absolute Gasteiger partial charge is 0.256 e. The Labute approximate surface area is 99.6 Å². The average Bonchev–Trinajstić information content (AvgIpc) is 2.88. The second-order valence-corrected chi connectivity index (χ2v) is 5.02. The quantitative estimate of drug-likeness (QED) is 0.745. The van der Waals surface area contributed by atoms with Crippen molar-refractivity contribution in [1.82, 2.24) is 9.88 Å². The number of amides is 1. The minimum absolute atomic E-state index is 0.153. The van der Waals surface area contributed by atoms with Gasteiger partial charge in [-0.05, 0) is 30.7 Å². The van der Waals surface area contributed by atoms with Gasteiger partial charge in [0, 0.05) is 19.3 Å². The maximum absolute atomic E-state index is 13.5. The maximum atomic E-state index is 13.5. The maximum Gasteiger partial charge on any atom is 0.256 e. The first-order chi connectivity index (χ1) is 8.25. The molecule has 2 heterocycles. The third kappa shape index (κ3) is 1.81. The lowest BCUT2D eigenvalue weighted by Gasteiger charge is -2.17. The summed E-state index contributed by atoms with van der Waals surface area (Å²) in [4.78, 5) is 17.6. The first-order valence-electron chi connectivity index (χ1n) is 6.14. The molecule has 0 radical (unpaired) electrons. The number of hydrogen-bond donors (Lipinski definition) is 0. The molecule has 17 heavy (non-hydrogen) atoms. The monoisotopic (exact) mass is 234 g/mol. The van der Waals surface area contributed by atoms with Crippen LogP contribution in [0.3, 0.4) is 0 Å². The number of halogens is 1. The van der Waals surface area contributed by atoms with Gasteiger partial charge in [-0.2, -0.15) is 0 Å². The van der Waals surface area contributed by atoms with E-state index in [1.807, 2.05) is 0 Å². The summed E-state index contributed by atoms with van der Waals surface area (Å²) in [7, 11) is 0. The topological polar surface area (TPSA) is 33.2 Å². The third-order valence-corrected chi connectivity index (χ3v) is 4.02. The summed E-state index contributed by atoms with van der Waals surface area (Å²) < 4.78 is 13.5. The predicted molar refractivity (Wildman–Crippen MR) is 60.9 cm³/mol. The fourth-order valence-corrected chi connectivity index (χ4v) is 3.12. The molecule has 1 saturated carbocycles. The van der Waals surface area contributed by atoms with Gasteiger partial charge in [-0.15, -0.1) is 0 Å². The molecular weight excluding hydrogens is 219 g/mol. The van der Waals surface area contributed by atoms with Crippen LogP contribution in [0, 0.1) is 17.7 Å². The number of pyridine rings is 1. The van der Waals surface area contributed by atoms with Crippen LogP contribution in [-0.4, -0.2) is 28.9 Å². The van der Waals surface area contributed by atoms with Crippen molar-refractivity contribution in [1.29, 1.82) is 0 Å². The van der Waals surface area contributed by atoms with Crippen molar-refractivity contribution in [2.75, 3.05) is 13.1 Å². The van der Waals surface area contributed by atoms with E-state index in [4.69, 9.17) is 0 Å². The molecule has 2 aliphatic rings. The second-order valence-electron chi connectivity index (χ2n) is 5.02. The van der Waals surface area contributed by atoms with Crippen molar-refractivity contribution in [2.45, 2.75) is 19.3 Å². The number of fused-ring (bicyclic) bond motifs is 1. The highest BCUT2D eigenvalue weighted by Gasteiger charge is 2.38. The van der Waals surface area contributed by atoms with Crippen molar-refractivity contribution in [3.05, 3.63) is 29.8 Å². The zero-order chi connectivity index (χ0) is 11.8. The molecule has 1 aromatic rings. The van der Waals surface area contributed by atoms with E-state index in [9.17, 15) is 9.18 Å². The Balaban J connectivity index is 1.78. The van der Waals surface area contributed by atoms with Gasteiger partial charge >= 0.3 is 0 Å². The molecule has 1 aliphatic carbocycles. The number of nitrogens with zero attached hydrogens (tertiary/aromatic N) is 2. The molecule has 1 saturated heterocycles. The minimum atomic E-state index is -0.519. The SMILES string of the molecule is O=C(c1ccncc1F)N1CC2CCCC2C1. The standard InChI is InChI=1S/C13H15FN2O/c14-12-6-15-5-4-11(12)13(17)16-7-9-2-1-3-10(9)8-16/h4-6,9-10H,1-3,7-8H2. The largest absolute Gasteiger partial charge is 0.338 e. The highest BCUT2D eigenvalue weighted by Crippen LogP contribution is 2.38. The van der Waals surface area contributed by atoms with E-state index in [1.54, 1.807) is 4.90 Å². The van der Waals surface area contributed by atoms with E-state index >= 15 is 0 Å². The van der Waals surface area contributed by atoms with Crippen LogP contribution in [0.5, 0.6) is 0 Å². The van der Waals surface area contributed by atoms with E-state index in [0.29, 0.717) is 11.8 Å². The Morgan fingerprint density at radius 3 is 2.71 bits per heavy atom. The van der Waals surface area contributed by atoms with Crippen molar-refractivity contribution in [2.24, 2.45) is 11.8 Å². The Kier molecular flexibility index (Phi) is 2.57. The first kappa shape index (κ1) is 10.7. The number of aromatic nitrogens is 1. The van der Waals surface area contributed by atoms with Gasteiger partial charge in [-0.25, -0.2) is 4.39 Å². The lowest BCUT2D eigenvalue weighted by Crippen LogP contribution is -2.30. The molecule has 0 spiro atoms. The van der Waals surface area contributed by atoms with Gasteiger partial charge in [0.05, 0.1) is 11.8 Å². The Bertz CT molecular complexity index is 437. The summed E-state index contributed by atoms with van der Waals surface area (Å²) in [6.45, 7) is 1.59. The lowest BCUT2D eigenvalue weighted by atomic mass is 10.0. The summed E-state index contributed by atoms with van der Waals surface area (Å²) in [6, 6.07) is 1.46. The van der Waals surface area contributed by atoms with Gasteiger partial charge in [0.1, 0.15) is 0 Å². The molecule has 1 aliphatic heterocycles. The van der Waals surface area contributed by atoms with Gasteiger partial charge in [-0.1, -0.05) is 6.42 Å². The molecule has 2 atom stereocenters. The molecule has 1 amide bonds. The zero-order valence-electron chi connectivity index (χ0n) is 9.60. The molecule has 3 rings (SSSR count). The predicted octanol–water partition coefficient (Wildman–Crippen LogP) is 2.09. The van der Waals surface area contributed by atoms with Crippen molar-refractivity contribution in [3.63, 3.8) is 0 Å². The normalized spacial score (nSPS) is 27.2. The minimum Gasteiger partial charge on any atom is -0.338 e. The van der Waals surface area contributed by atoms with Crippen LogP contribution in [0.1, 0.15) is 29.6 Å². The molecular formula is C13H15FN2O. The number of carbonyl (C=O) groups is 1. The van der Waals surface area contributed by atoms with Crippen LogP contribution in [0.4, 0.5) is 4.39 Å². The molecule has 0 bridgehead atoms. The van der Waals surface area contributed by atoms with Gasteiger partial charge in [0.15, 0.2) is 5.82 Å². The van der Waals surface area contributed by atoms with E-state index < -0.39 is 5.82 Å². The van der Waals surface area contributed by atoms with Gasteiger partial charge in [0.25, 0.3) is 5.91 Å². The summed E-state index contributed by atoms with van der Waals surface area (Å²) in [6.07, 6.45) is 6.28. The van der Waals surface area contributed by atoms with E-state index in [0.717, 1.165) is 19.3 Å². The van der Waals surface area contributed by atoms with Gasteiger partial charge in [0.2, 0.25) is 0 Å². The second kappa shape index (κ2) is 4.09. The van der Waals surface area contributed by atoms with Crippen molar-refractivity contribution >= 4 is 5.91 Å². The zero-order valence-corrected chi connectivity index (χ0v) is 9.60. The number of likely N-dealkylation sites (tertiary alicyclic amines) is 1. The summed E-state index contributed by atoms with van der Waals surface area (Å²) >= 11 is 0. The molecule has 2 unspecified atom stereocenters. The summed E-state index contributed by atoms with van der Waals surface area (Å²) in [5, 5.41) is 0. The molecule has 90 valence electrons. The fraction of sp³-hybridized carbons (Fsp3) is 0.538. The van der Waals surface area contributed by atoms with E-state index in [-0.39, 0.29) is 11.5 Å². The molecule has 0 N–H and O–H groups in total. The van der Waals surface area contributed by atoms with Crippen molar-refractivity contribution in [3.8, 4) is 0 Å². The fourth-order valence-electron chi connectivity index (χ4n) is 3.12. The molecule has 1 aromatic heterocycles.